The molecule has 2 N–H and O–H groups in total. The molecular weight excluding hydrogens is 444 g/mol. The van der Waals surface area contributed by atoms with E-state index in [2.05, 4.69) is 30.8 Å². The molecule has 0 atom stereocenters. The SMILES string of the molecule is COc1cc(C(=O)Nc2cnn(C)c2)ccc1Nc1ncc(Cl)c(-c2cnn(C(C)C)c2)n1. The van der Waals surface area contributed by atoms with Gasteiger partial charge in [0.15, 0.2) is 0 Å². The largest absolute Gasteiger partial charge is 0.495 e. The molecule has 0 bridgehead atoms. The fraction of sp³-hybridized carbons (Fsp3) is 0.227. The maximum absolute atomic E-state index is 12.6. The van der Waals surface area contributed by atoms with Crippen LogP contribution in [0.25, 0.3) is 11.3 Å². The van der Waals surface area contributed by atoms with Crippen molar-refractivity contribution in [2.24, 2.45) is 7.05 Å². The monoisotopic (exact) mass is 466 g/mol. The molecule has 0 radical (unpaired) electrons. The standard InChI is InChI=1S/C22H23ClN8O2/c1-13(2)31-11-15(8-26-31)20-17(23)10-24-22(29-20)28-18-6-5-14(7-19(18)33-4)21(32)27-16-9-25-30(3)12-16/h5-13H,1-4H3,(H,27,32)(H,24,28,29). The first kappa shape index (κ1) is 22.3. The molecule has 1 amide bonds. The Hall–Kier alpha value is -3.92. The minimum Gasteiger partial charge on any atom is -0.495 e. The van der Waals surface area contributed by atoms with Crippen molar-refractivity contribution in [1.82, 2.24) is 29.5 Å². The molecular formula is C22H23ClN8O2. The number of anilines is 3. The molecule has 0 saturated carbocycles. The van der Waals surface area contributed by atoms with Crippen LogP contribution in [0.4, 0.5) is 17.3 Å². The van der Waals surface area contributed by atoms with Gasteiger partial charge in [-0.1, -0.05) is 11.6 Å². The van der Waals surface area contributed by atoms with Crippen molar-refractivity contribution in [1.29, 1.82) is 0 Å². The number of amides is 1. The molecule has 11 heteroatoms. The van der Waals surface area contributed by atoms with Crippen molar-refractivity contribution < 1.29 is 9.53 Å². The molecule has 0 aliphatic carbocycles. The van der Waals surface area contributed by atoms with Gasteiger partial charge in [-0.05, 0) is 32.0 Å². The highest BCUT2D eigenvalue weighted by molar-refractivity contribution is 6.32. The number of methoxy groups -OCH3 is 1. The van der Waals surface area contributed by atoms with Gasteiger partial charge in [-0.25, -0.2) is 9.97 Å². The summed E-state index contributed by atoms with van der Waals surface area (Å²) in [6, 6.07) is 5.26. The zero-order valence-electron chi connectivity index (χ0n) is 18.6. The van der Waals surface area contributed by atoms with Gasteiger partial charge in [0, 0.05) is 36.6 Å². The van der Waals surface area contributed by atoms with Crippen LogP contribution in [0, 0.1) is 0 Å². The Kier molecular flexibility index (Phi) is 6.27. The van der Waals surface area contributed by atoms with Crippen molar-refractivity contribution in [3.8, 4) is 17.0 Å². The van der Waals surface area contributed by atoms with Crippen LogP contribution in [0.3, 0.4) is 0 Å². The van der Waals surface area contributed by atoms with Gasteiger partial charge in [0.25, 0.3) is 5.91 Å². The summed E-state index contributed by atoms with van der Waals surface area (Å²) in [4.78, 5) is 21.4. The van der Waals surface area contributed by atoms with Crippen LogP contribution < -0.4 is 15.4 Å². The first-order valence-corrected chi connectivity index (χ1v) is 10.5. The summed E-state index contributed by atoms with van der Waals surface area (Å²) < 4.78 is 8.92. The molecule has 0 unspecified atom stereocenters. The molecule has 0 saturated heterocycles. The number of nitrogens with zero attached hydrogens (tertiary/aromatic N) is 6. The molecule has 3 heterocycles. The second-order valence-electron chi connectivity index (χ2n) is 7.59. The third kappa shape index (κ3) is 4.96. The zero-order chi connectivity index (χ0) is 23.5. The van der Waals surface area contributed by atoms with Gasteiger partial charge in [-0.2, -0.15) is 10.2 Å². The quantitative estimate of drug-likeness (QED) is 0.417. The molecule has 10 nitrogen and oxygen atoms in total. The van der Waals surface area contributed by atoms with E-state index in [1.165, 1.54) is 13.3 Å². The Morgan fingerprint density at radius 3 is 2.64 bits per heavy atom. The van der Waals surface area contributed by atoms with Gasteiger partial charge < -0.3 is 15.4 Å². The number of rotatable bonds is 7. The molecule has 0 spiro atoms. The Bertz CT molecular complexity index is 1300. The number of hydrogen-bond donors (Lipinski definition) is 2. The molecule has 3 aromatic heterocycles. The number of benzene rings is 1. The summed E-state index contributed by atoms with van der Waals surface area (Å²) >= 11 is 6.34. The second-order valence-corrected chi connectivity index (χ2v) is 8.00. The lowest BCUT2D eigenvalue weighted by Gasteiger charge is -2.12. The van der Waals surface area contributed by atoms with E-state index in [9.17, 15) is 4.79 Å². The van der Waals surface area contributed by atoms with E-state index < -0.39 is 0 Å². The summed E-state index contributed by atoms with van der Waals surface area (Å²) in [5, 5.41) is 14.7. The van der Waals surface area contributed by atoms with E-state index in [1.807, 2.05) is 24.7 Å². The number of hydrogen-bond acceptors (Lipinski definition) is 7. The smallest absolute Gasteiger partial charge is 0.255 e. The normalized spacial score (nSPS) is 11.0. The fourth-order valence-corrected chi connectivity index (χ4v) is 3.32. The number of aromatic nitrogens is 6. The Balaban J connectivity index is 1.56. The van der Waals surface area contributed by atoms with Crippen LogP contribution in [-0.2, 0) is 7.05 Å². The molecule has 4 rings (SSSR count). The lowest BCUT2D eigenvalue weighted by Crippen LogP contribution is -2.12. The van der Waals surface area contributed by atoms with Gasteiger partial charge in [-0.3, -0.25) is 14.2 Å². The highest BCUT2D eigenvalue weighted by Gasteiger charge is 2.15. The highest BCUT2D eigenvalue weighted by atomic mass is 35.5. The van der Waals surface area contributed by atoms with Gasteiger partial charge >= 0.3 is 0 Å². The van der Waals surface area contributed by atoms with Gasteiger partial charge in [0.05, 0.1) is 47.8 Å². The molecule has 0 aliphatic heterocycles. The van der Waals surface area contributed by atoms with E-state index in [-0.39, 0.29) is 11.9 Å². The van der Waals surface area contributed by atoms with Gasteiger partial charge in [0.2, 0.25) is 5.95 Å². The van der Waals surface area contributed by atoms with E-state index in [1.54, 1.807) is 48.5 Å². The van der Waals surface area contributed by atoms with Crippen LogP contribution in [0.1, 0.15) is 30.2 Å². The first-order valence-electron chi connectivity index (χ1n) is 10.2. The number of nitrogens with one attached hydrogen (secondary N) is 2. The number of aryl methyl sites for hydroxylation is 1. The first-order chi connectivity index (χ1) is 15.8. The molecule has 170 valence electrons. The molecule has 33 heavy (non-hydrogen) atoms. The van der Waals surface area contributed by atoms with Crippen molar-refractivity contribution in [2.45, 2.75) is 19.9 Å². The van der Waals surface area contributed by atoms with Crippen LogP contribution in [0.5, 0.6) is 5.75 Å². The minimum atomic E-state index is -0.278. The average molecular weight is 467 g/mol. The Morgan fingerprint density at radius 2 is 1.97 bits per heavy atom. The maximum atomic E-state index is 12.6. The highest BCUT2D eigenvalue weighted by Crippen LogP contribution is 2.31. The summed E-state index contributed by atoms with van der Waals surface area (Å²) in [7, 11) is 3.30. The topological polar surface area (TPSA) is 112 Å². The fourth-order valence-electron chi connectivity index (χ4n) is 3.12. The molecule has 1 aromatic carbocycles. The van der Waals surface area contributed by atoms with Crippen molar-refractivity contribution >= 4 is 34.8 Å². The summed E-state index contributed by atoms with van der Waals surface area (Å²) in [5.74, 6) is 0.513. The third-order valence-electron chi connectivity index (χ3n) is 4.82. The predicted octanol–water partition coefficient (Wildman–Crippen LogP) is 4.31. The number of carbonyl (C=O) groups is 1. The number of halogens is 1. The van der Waals surface area contributed by atoms with Crippen molar-refractivity contribution in [3.05, 3.63) is 59.8 Å². The Labute approximate surface area is 195 Å². The van der Waals surface area contributed by atoms with E-state index in [0.29, 0.717) is 39.4 Å². The minimum absolute atomic E-state index is 0.218. The van der Waals surface area contributed by atoms with Crippen molar-refractivity contribution in [2.75, 3.05) is 17.7 Å². The summed E-state index contributed by atoms with van der Waals surface area (Å²) in [6.45, 7) is 4.08. The van der Waals surface area contributed by atoms with Crippen molar-refractivity contribution in [3.63, 3.8) is 0 Å². The second kappa shape index (κ2) is 9.29. The number of carbonyl (C=O) groups excluding carboxylic acids is 1. The van der Waals surface area contributed by atoms with E-state index in [0.717, 1.165) is 5.56 Å². The average Bonchev–Trinajstić information content (AvgIpc) is 3.44. The predicted molar refractivity (Wildman–Crippen MR) is 126 cm³/mol. The molecule has 0 fully saturated rings. The van der Waals surface area contributed by atoms with Crippen LogP contribution in [0.15, 0.2) is 49.2 Å². The molecule has 4 aromatic rings. The lowest BCUT2D eigenvalue weighted by atomic mass is 10.1. The molecule has 0 aliphatic rings. The van der Waals surface area contributed by atoms with E-state index >= 15 is 0 Å². The summed E-state index contributed by atoms with van der Waals surface area (Å²) in [6.07, 6.45) is 8.42. The van der Waals surface area contributed by atoms with Crippen LogP contribution in [0.2, 0.25) is 5.02 Å². The Morgan fingerprint density at radius 1 is 1.15 bits per heavy atom. The maximum Gasteiger partial charge on any atom is 0.255 e. The van der Waals surface area contributed by atoms with Crippen LogP contribution >= 0.6 is 11.6 Å². The van der Waals surface area contributed by atoms with Gasteiger partial charge in [-0.15, -0.1) is 0 Å². The van der Waals surface area contributed by atoms with Crippen LogP contribution in [-0.4, -0.2) is 42.5 Å². The zero-order valence-corrected chi connectivity index (χ0v) is 19.3. The third-order valence-corrected chi connectivity index (χ3v) is 5.10. The van der Waals surface area contributed by atoms with Gasteiger partial charge in [0.1, 0.15) is 5.75 Å². The number of ether oxygens (including phenoxy) is 1. The van der Waals surface area contributed by atoms with E-state index in [4.69, 9.17) is 16.3 Å². The summed E-state index contributed by atoms with van der Waals surface area (Å²) in [5.41, 5.74) is 2.98. The lowest BCUT2D eigenvalue weighted by molar-refractivity contribution is 0.102.